The van der Waals surface area contributed by atoms with Crippen LogP contribution in [0.25, 0.3) is 22.0 Å². The molecule has 0 unspecified atom stereocenters. The van der Waals surface area contributed by atoms with Gasteiger partial charge in [-0.15, -0.1) is 0 Å². The smallest absolute Gasteiger partial charge is 0.256 e. The summed E-state index contributed by atoms with van der Waals surface area (Å²) in [7, 11) is 0. The molecule has 2 aromatic carbocycles. The molecule has 0 aliphatic carbocycles. The van der Waals surface area contributed by atoms with E-state index in [0.29, 0.717) is 16.6 Å². The number of rotatable bonds is 3. The molecule has 4 aromatic rings. The topological polar surface area (TPSA) is 62.0 Å². The van der Waals surface area contributed by atoms with E-state index in [1.54, 1.807) is 23.5 Å². The summed E-state index contributed by atoms with van der Waals surface area (Å²) in [6.07, 6.45) is 0. The predicted molar refractivity (Wildman–Crippen MR) is 102 cm³/mol. The first-order valence-electron chi connectivity index (χ1n) is 7.87. The number of aromatic amines is 1. The Labute approximate surface area is 151 Å². The molecule has 0 aliphatic heterocycles. The second-order valence-corrected chi connectivity index (χ2v) is 6.56. The van der Waals surface area contributed by atoms with Crippen LogP contribution in [0, 0.1) is 5.82 Å². The standard InChI is InChI=1S/C20H13FN2O2S/c21-14-2-1-3-15(9-14)22-20(25)17-10-19(24)23-18-8-12(4-5-16(17)18)13-6-7-26-11-13/h1-11H,(H,22,25)(H,23,24). The molecule has 0 saturated heterocycles. The lowest BCUT2D eigenvalue weighted by Gasteiger charge is -2.09. The fourth-order valence-electron chi connectivity index (χ4n) is 2.82. The minimum atomic E-state index is -0.463. The van der Waals surface area contributed by atoms with Crippen molar-refractivity contribution in [1.29, 1.82) is 0 Å². The van der Waals surface area contributed by atoms with Crippen molar-refractivity contribution in [1.82, 2.24) is 4.98 Å². The van der Waals surface area contributed by atoms with Gasteiger partial charge >= 0.3 is 0 Å². The van der Waals surface area contributed by atoms with Crippen LogP contribution >= 0.6 is 11.3 Å². The van der Waals surface area contributed by atoms with E-state index in [1.807, 2.05) is 29.0 Å². The third-order valence-corrected chi connectivity index (χ3v) is 4.71. The number of anilines is 1. The molecule has 0 atom stereocenters. The summed E-state index contributed by atoms with van der Waals surface area (Å²) in [5.41, 5.74) is 2.78. The van der Waals surface area contributed by atoms with E-state index >= 15 is 0 Å². The molecule has 2 heterocycles. The Hall–Kier alpha value is -3.25. The van der Waals surface area contributed by atoms with Gasteiger partial charge in [0.15, 0.2) is 0 Å². The van der Waals surface area contributed by atoms with Gasteiger partial charge in [-0.1, -0.05) is 18.2 Å². The maximum atomic E-state index is 13.3. The molecule has 4 rings (SSSR count). The Bertz CT molecular complexity index is 1170. The van der Waals surface area contributed by atoms with Gasteiger partial charge in [0.2, 0.25) is 5.56 Å². The van der Waals surface area contributed by atoms with Crippen LogP contribution in [-0.2, 0) is 0 Å². The van der Waals surface area contributed by atoms with Crippen LogP contribution in [0.2, 0.25) is 0 Å². The molecular formula is C20H13FN2O2S. The average molecular weight is 364 g/mol. The number of carbonyl (C=O) groups excluding carboxylic acids is 1. The minimum Gasteiger partial charge on any atom is -0.322 e. The lowest BCUT2D eigenvalue weighted by atomic mass is 10.0. The Kier molecular flexibility index (Phi) is 4.10. The zero-order chi connectivity index (χ0) is 18.1. The van der Waals surface area contributed by atoms with E-state index in [9.17, 15) is 14.0 Å². The van der Waals surface area contributed by atoms with Gasteiger partial charge in [0.05, 0.1) is 5.56 Å². The molecule has 128 valence electrons. The second-order valence-electron chi connectivity index (χ2n) is 5.78. The van der Waals surface area contributed by atoms with Crippen molar-refractivity contribution in [2.75, 3.05) is 5.32 Å². The Morgan fingerprint density at radius 1 is 1.04 bits per heavy atom. The van der Waals surface area contributed by atoms with Gasteiger partial charge in [-0.2, -0.15) is 11.3 Å². The molecule has 1 amide bonds. The number of H-pyrrole nitrogens is 1. The molecule has 6 heteroatoms. The number of aromatic nitrogens is 1. The third kappa shape index (κ3) is 3.14. The summed E-state index contributed by atoms with van der Waals surface area (Å²) in [5, 5.41) is 7.24. The van der Waals surface area contributed by atoms with Crippen molar-refractivity contribution in [3.8, 4) is 11.1 Å². The Morgan fingerprint density at radius 3 is 2.69 bits per heavy atom. The van der Waals surface area contributed by atoms with Gasteiger partial charge in [0.25, 0.3) is 5.91 Å². The number of pyridine rings is 1. The number of carbonyl (C=O) groups is 1. The van der Waals surface area contributed by atoms with Crippen molar-refractivity contribution in [3.63, 3.8) is 0 Å². The molecule has 0 saturated carbocycles. The number of amides is 1. The van der Waals surface area contributed by atoms with Crippen LogP contribution < -0.4 is 10.9 Å². The molecule has 0 radical (unpaired) electrons. The summed E-state index contributed by atoms with van der Waals surface area (Å²) in [4.78, 5) is 27.4. The molecule has 0 bridgehead atoms. The molecule has 2 aromatic heterocycles. The summed E-state index contributed by atoms with van der Waals surface area (Å²) in [5.74, 6) is -0.908. The zero-order valence-corrected chi connectivity index (χ0v) is 14.3. The molecule has 26 heavy (non-hydrogen) atoms. The van der Waals surface area contributed by atoms with Gasteiger partial charge in [0.1, 0.15) is 5.82 Å². The van der Waals surface area contributed by atoms with E-state index in [2.05, 4.69) is 10.3 Å². The van der Waals surface area contributed by atoms with Crippen molar-refractivity contribution in [2.24, 2.45) is 0 Å². The van der Waals surface area contributed by atoms with E-state index < -0.39 is 11.7 Å². The number of nitrogens with one attached hydrogen (secondary N) is 2. The van der Waals surface area contributed by atoms with Crippen LogP contribution in [0.5, 0.6) is 0 Å². The zero-order valence-electron chi connectivity index (χ0n) is 13.5. The summed E-state index contributed by atoms with van der Waals surface area (Å²) in [6.45, 7) is 0. The second kappa shape index (κ2) is 6.57. The highest BCUT2D eigenvalue weighted by Gasteiger charge is 2.13. The van der Waals surface area contributed by atoms with Crippen LogP contribution in [0.3, 0.4) is 0 Å². The first-order valence-corrected chi connectivity index (χ1v) is 8.81. The highest BCUT2D eigenvalue weighted by atomic mass is 32.1. The maximum Gasteiger partial charge on any atom is 0.256 e. The van der Waals surface area contributed by atoms with Crippen LogP contribution in [0.15, 0.2) is 70.2 Å². The SMILES string of the molecule is O=C(Nc1cccc(F)c1)c1cc(=O)[nH]c2cc(-c3ccsc3)ccc12. The van der Waals surface area contributed by atoms with E-state index in [0.717, 1.165) is 11.1 Å². The van der Waals surface area contributed by atoms with Gasteiger partial charge in [-0.3, -0.25) is 9.59 Å². The number of fused-ring (bicyclic) bond motifs is 1. The number of halogens is 1. The van der Waals surface area contributed by atoms with Crippen LogP contribution in [0.4, 0.5) is 10.1 Å². The van der Waals surface area contributed by atoms with Gasteiger partial charge in [-0.05, 0) is 52.2 Å². The third-order valence-electron chi connectivity index (χ3n) is 4.02. The number of hydrogen-bond acceptors (Lipinski definition) is 3. The highest BCUT2D eigenvalue weighted by Crippen LogP contribution is 2.26. The first-order chi connectivity index (χ1) is 12.6. The average Bonchev–Trinajstić information content (AvgIpc) is 3.15. The molecule has 4 nitrogen and oxygen atoms in total. The first kappa shape index (κ1) is 16.2. The molecular weight excluding hydrogens is 351 g/mol. The van der Waals surface area contributed by atoms with Gasteiger partial charge in [-0.25, -0.2) is 4.39 Å². The summed E-state index contributed by atoms with van der Waals surface area (Å²) >= 11 is 1.59. The predicted octanol–water partition coefficient (Wildman–Crippen LogP) is 4.65. The quantitative estimate of drug-likeness (QED) is 0.556. The number of benzene rings is 2. The number of hydrogen-bond donors (Lipinski definition) is 2. The van der Waals surface area contributed by atoms with Crippen LogP contribution in [-0.4, -0.2) is 10.9 Å². The van der Waals surface area contributed by atoms with Crippen molar-refractivity contribution >= 4 is 33.8 Å². The van der Waals surface area contributed by atoms with Crippen molar-refractivity contribution in [2.45, 2.75) is 0 Å². The summed E-state index contributed by atoms with van der Waals surface area (Å²) < 4.78 is 13.3. The van der Waals surface area contributed by atoms with Crippen molar-refractivity contribution < 1.29 is 9.18 Å². The molecule has 0 aliphatic rings. The Morgan fingerprint density at radius 2 is 1.92 bits per heavy atom. The number of thiophene rings is 1. The lowest BCUT2D eigenvalue weighted by molar-refractivity contribution is 0.102. The van der Waals surface area contributed by atoms with Gasteiger partial charge in [0, 0.05) is 22.7 Å². The lowest BCUT2D eigenvalue weighted by Crippen LogP contribution is -2.17. The summed E-state index contributed by atoms with van der Waals surface area (Å²) in [6, 6.07) is 14.4. The van der Waals surface area contributed by atoms with Crippen molar-refractivity contribution in [3.05, 3.63) is 87.1 Å². The van der Waals surface area contributed by atoms with E-state index in [-0.39, 0.29) is 11.1 Å². The van der Waals surface area contributed by atoms with E-state index in [1.165, 1.54) is 24.3 Å². The molecule has 0 fully saturated rings. The highest BCUT2D eigenvalue weighted by molar-refractivity contribution is 7.08. The fraction of sp³-hybridized carbons (Fsp3) is 0. The molecule has 0 spiro atoms. The largest absolute Gasteiger partial charge is 0.322 e. The van der Waals surface area contributed by atoms with Crippen LogP contribution in [0.1, 0.15) is 10.4 Å². The monoisotopic (exact) mass is 364 g/mol. The van der Waals surface area contributed by atoms with Gasteiger partial charge < -0.3 is 10.3 Å². The normalized spacial score (nSPS) is 10.8. The maximum absolute atomic E-state index is 13.3. The fourth-order valence-corrected chi connectivity index (χ4v) is 3.49. The van der Waals surface area contributed by atoms with E-state index in [4.69, 9.17) is 0 Å². The molecule has 2 N–H and O–H groups in total. The Balaban J connectivity index is 1.77. The minimum absolute atomic E-state index is 0.241.